The van der Waals surface area contributed by atoms with Crippen molar-refractivity contribution in [3.8, 4) is 5.69 Å². The molecule has 2 nitrogen and oxygen atoms in total. The summed E-state index contributed by atoms with van der Waals surface area (Å²) in [6, 6.07) is 10.2. The van der Waals surface area contributed by atoms with Gasteiger partial charge in [0.05, 0.1) is 11.4 Å². The second-order valence-electron chi connectivity index (χ2n) is 4.42. The van der Waals surface area contributed by atoms with Crippen LogP contribution in [0.4, 0.5) is 0 Å². The molecule has 2 aromatic rings. The topological polar surface area (TPSA) is 17.8 Å². The molecule has 3 rings (SSSR count). The van der Waals surface area contributed by atoms with Crippen molar-refractivity contribution in [1.29, 1.82) is 0 Å². The first kappa shape index (κ1) is 9.91. The van der Waals surface area contributed by atoms with Crippen LogP contribution in [0, 0.1) is 6.92 Å². The molecule has 16 heavy (non-hydrogen) atoms. The molecular formula is C13H13ClN2. The van der Waals surface area contributed by atoms with E-state index < -0.39 is 0 Å². The molecule has 0 spiro atoms. The molecule has 0 amide bonds. The number of aryl methyl sites for hydroxylation is 1. The van der Waals surface area contributed by atoms with Crippen LogP contribution in [-0.4, -0.2) is 9.78 Å². The highest BCUT2D eigenvalue weighted by molar-refractivity contribution is 6.29. The van der Waals surface area contributed by atoms with Crippen LogP contribution in [0.5, 0.6) is 0 Å². The number of aromatic nitrogens is 2. The zero-order valence-corrected chi connectivity index (χ0v) is 9.91. The molecule has 0 unspecified atom stereocenters. The molecule has 0 atom stereocenters. The van der Waals surface area contributed by atoms with E-state index in [0.717, 1.165) is 11.4 Å². The van der Waals surface area contributed by atoms with Crippen LogP contribution in [0.1, 0.15) is 30.0 Å². The van der Waals surface area contributed by atoms with E-state index in [1.807, 2.05) is 22.9 Å². The van der Waals surface area contributed by atoms with E-state index in [2.05, 4.69) is 24.2 Å². The van der Waals surface area contributed by atoms with Gasteiger partial charge < -0.3 is 0 Å². The second-order valence-corrected chi connectivity index (χ2v) is 4.80. The van der Waals surface area contributed by atoms with Crippen molar-refractivity contribution < 1.29 is 0 Å². The molecule has 1 aliphatic rings. The summed E-state index contributed by atoms with van der Waals surface area (Å²) in [5, 5.41) is 5.27. The summed E-state index contributed by atoms with van der Waals surface area (Å²) in [6.45, 7) is 2.07. The third-order valence-corrected chi connectivity index (χ3v) is 3.20. The van der Waals surface area contributed by atoms with Gasteiger partial charge in [0.25, 0.3) is 0 Å². The summed E-state index contributed by atoms with van der Waals surface area (Å²) in [6.07, 6.45) is 2.50. The Labute approximate surface area is 99.9 Å². The number of rotatable bonds is 2. The predicted molar refractivity (Wildman–Crippen MR) is 65.3 cm³/mol. The van der Waals surface area contributed by atoms with Crippen LogP contribution < -0.4 is 0 Å². The number of nitrogens with zero attached hydrogens (tertiary/aromatic N) is 2. The second kappa shape index (κ2) is 3.63. The minimum Gasteiger partial charge on any atom is -0.222 e. The fourth-order valence-electron chi connectivity index (χ4n) is 1.89. The first-order valence-corrected chi connectivity index (χ1v) is 5.94. The zero-order chi connectivity index (χ0) is 11.1. The third-order valence-electron chi connectivity index (χ3n) is 2.93. The Morgan fingerprint density at radius 3 is 2.81 bits per heavy atom. The van der Waals surface area contributed by atoms with Crippen LogP contribution in [0.2, 0.25) is 5.15 Å². The van der Waals surface area contributed by atoms with Gasteiger partial charge in [0.2, 0.25) is 0 Å². The Hall–Kier alpha value is -1.28. The molecule has 1 heterocycles. The molecule has 1 aromatic heterocycles. The molecule has 1 aromatic carbocycles. The van der Waals surface area contributed by atoms with Gasteiger partial charge in [-0.05, 0) is 43.5 Å². The van der Waals surface area contributed by atoms with Crippen molar-refractivity contribution in [2.45, 2.75) is 25.7 Å². The highest BCUT2D eigenvalue weighted by atomic mass is 35.5. The van der Waals surface area contributed by atoms with E-state index in [0.29, 0.717) is 11.1 Å². The average molecular weight is 233 g/mol. The number of hydrogen-bond acceptors (Lipinski definition) is 1. The van der Waals surface area contributed by atoms with Crippen LogP contribution in [0.25, 0.3) is 5.69 Å². The van der Waals surface area contributed by atoms with Crippen LogP contribution in [0.3, 0.4) is 0 Å². The summed E-state index contributed by atoms with van der Waals surface area (Å²) in [5.41, 5.74) is 3.39. The van der Waals surface area contributed by atoms with E-state index in [4.69, 9.17) is 11.6 Å². The van der Waals surface area contributed by atoms with E-state index in [1.54, 1.807) is 0 Å². The lowest BCUT2D eigenvalue weighted by Gasteiger charge is -2.03. The maximum absolute atomic E-state index is 6.20. The fraction of sp³-hybridized carbons (Fsp3) is 0.308. The van der Waals surface area contributed by atoms with Gasteiger partial charge in [-0.15, -0.1) is 0 Å². The van der Waals surface area contributed by atoms with Gasteiger partial charge in [-0.25, -0.2) is 4.68 Å². The summed E-state index contributed by atoms with van der Waals surface area (Å²) < 4.78 is 1.82. The van der Waals surface area contributed by atoms with Crippen LogP contribution in [0.15, 0.2) is 30.3 Å². The Morgan fingerprint density at radius 2 is 2.12 bits per heavy atom. The molecule has 0 bridgehead atoms. The fourth-order valence-corrected chi connectivity index (χ4v) is 2.14. The maximum atomic E-state index is 6.20. The molecule has 0 aliphatic heterocycles. The van der Waals surface area contributed by atoms with Gasteiger partial charge in [0.15, 0.2) is 0 Å². The molecule has 1 aliphatic carbocycles. The number of benzene rings is 1. The quantitative estimate of drug-likeness (QED) is 0.772. The molecule has 0 saturated heterocycles. The molecule has 1 saturated carbocycles. The minimum absolute atomic E-state index is 0.642. The van der Waals surface area contributed by atoms with E-state index >= 15 is 0 Å². The Bertz CT molecular complexity index is 526. The lowest BCUT2D eigenvalue weighted by Crippen LogP contribution is -1.97. The molecular weight excluding hydrogens is 220 g/mol. The number of halogens is 1. The van der Waals surface area contributed by atoms with E-state index in [1.165, 1.54) is 18.4 Å². The Balaban J connectivity index is 2.04. The minimum atomic E-state index is 0.642. The highest BCUT2D eigenvalue weighted by Gasteiger charge is 2.27. The average Bonchev–Trinajstić information content (AvgIpc) is 3.02. The summed E-state index contributed by atoms with van der Waals surface area (Å²) in [7, 11) is 0. The van der Waals surface area contributed by atoms with Crippen LogP contribution in [-0.2, 0) is 0 Å². The third kappa shape index (κ3) is 1.74. The van der Waals surface area contributed by atoms with Crippen LogP contribution >= 0.6 is 11.6 Å². The molecule has 1 fully saturated rings. The van der Waals surface area contributed by atoms with Crippen molar-refractivity contribution >= 4 is 11.6 Å². The van der Waals surface area contributed by atoms with Gasteiger partial charge in [0, 0.05) is 5.92 Å². The van der Waals surface area contributed by atoms with E-state index in [-0.39, 0.29) is 0 Å². The first-order chi connectivity index (χ1) is 7.74. The SMILES string of the molecule is Cc1cccc(-n2nc(C3CC3)cc2Cl)c1. The first-order valence-electron chi connectivity index (χ1n) is 5.56. The van der Waals surface area contributed by atoms with Crippen molar-refractivity contribution in [3.05, 3.63) is 46.7 Å². The van der Waals surface area contributed by atoms with Gasteiger partial charge in [-0.2, -0.15) is 5.10 Å². The monoisotopic (exact) mass is 232 g/mol. The summed E-state index contributed by atoms with van der Waals surface area (Å²) in [4.78, 5) is 0. The Morgan fingerprint density at radius 1 is 1.31 bits per heavy atom. The van der Waals surface area contributed by atoms with E-state index in [9.17, 15) is 0 Å². The molecule has 82 valence electrons. The molecule has 0 radical (unpaired) electrons. The summed E-state index contributed by atoms with van der Waals surface area (Å²) >= 11 is 6.20. The Kier molecular flexibility index (Phi) is 2.25. The van der Waals surface area contributed by atoms with Gasteiger partial charge in [-0.1, -0.05) is 23.7 Å². The smallest absolute Gasteiger partial charge is 0.133 e. The van der Waals surface area contributed by atoms with Crippen molar-refractivity contribution in [3.63, 3.8) is 0 Å². The largest absolute Gasteiger partial charge is 0.222 e. The van der Waals surface area contributed by atoms with Gasteiger partial charge in [0.1, 0.15) is 5.15 Å². The standard InChI is InChI=1S/C13H13ClN2/c1-9-3-2-4-11(7-9)16-13(14)8-12(15-16)10-5-6-10/h2-4,7-8,10H,5-6H2,1H3. The lowest BCUT2D eigenvalue weighted by molar-refractivity contribution is 0.837. The maximum Gasteiger partial charge on any atom is 0.133 e. The highest BCUT2D eigenvalue weighted by Crippen LogP contribution is 2.40. The predicted octanol–water partition coefficient (Wildman–Crippen LogP) is 3.71. The van der Waals surface area contributed by atoms with Gasteiger partial charge >= 0.3 is 0 Å². The molecule has 3 heteroatoms. The number of hydrogen-bond donors (Lipinski definition) is 0. The van der Waals surface area contributed by atoms with Crippen molar-refractivity contribution in [2.75, 3.05) is 0 Å². The zero-order valence-electron chi connectivity index (χ0n) is 9.15. The molecule has 0 N–H and O–H groups in total. The van der Waals surface area contributed by atoms with Gasteiger partial charge in [-0.3, -0.25) is 0 Å². The lowest BCUT2D eigenvalue weighted by atomic mass is 10.2. The van der Waals surface area contributed by atoms with Crippen molar-refractivity contribution in [2.24, 2.45) is 0 Å². The van der Waals surface area contributed by atoms with Crippen molar-refractivity contribution in [1.82, 2.24) is 9.78 Å². The normalized spacial score (nSPS) is 15.4. The summed E-state index contributed by atoms with van der Waals surface area (Å²) in [5.74, 6) is 0.642.